The van der Waals surface area contributed by atoms with Crippen LogP contribution in [0.4, 0.5) is 0 Å². The third-order valence-corrected chi connectivity index (χ3v) is 4.39. The highest BCUT2D eigenvalue weighted by molar-refractivity contribution is 5.23. The van der Waals surface area contributed by atoms with Crippen molar-refractivity contribution < 1.29 is 0 Å². The molecule has 0 spiro atoms. The lowest BCUT2D eigenvalue weighted by molar-refractivity contribution is 0.0697. The molecule has 0 nitrogen and oxygen atoms in total. The van der Waals surface area contributed by atoms with Gasteiger partial charge in [0, 0.05) is 0 Å². The van der Waals surface area contributed by atoms with E-state index in [4.69, 9.17) is 0 Å². The van der Waals surface area contributed by atoms with Gasteiger partial charge in [-0.15, -0.1) is 0 Å². The smallest absolute Gasteiger partial charge is 0.0192 e. The summed E-state index contributed by atoms with van der Waals surface area (Å²) in [6.45, 7) is 3.84. The lowest BCUT2D eigenvalue weighted by Gasteiger charge is -2.51. The summed E-state index contributed by atoms with van der Waals surface area (Å²) in [6.07, 6.45) is 11.8. The number of allylic oxidation sites excluding steroid dienone is 3. The van der Waals surface area contributed by atoms with Crippen molar-refractivity contribution in [1.29, 1.82) is 0 Å². The van der Waals surface area contributed by atoms with Crippen LogP contribution in [-0.4, -0.2) is 0 Å². The largest absolute Gasteiger partial charge is 0.0991 e. The topological polar surface area (TPSA) is 0 Å². The Balaban J connectivity index is 1.93. The van der Waals surface area contributed by atoms with Crippen LogP contribution in [0.2, 0.25) is 0 Å². The molecule has 0 saturated heterocycles. The second-order valence-corrected chi connectivity index (χ2v) is 5.21. The Labute approximate surface area is 80.7 Å². The highest BCUT2D eigenvalue weighted by Gasteiger charge is 2.44. The van der Waals surface area contributed by atoms with E-state index in [2.05, 4.69) is 12.7 Å². The maximum Gasteiger partial charge on any atom is -0.0192 e. The Kier molecular flexibility index (Phi) is 1.65. The van der Waals surface area contributed by atoms with Crippen molar-refractivity contribution in [1.82, 2.24) is 0 Å². The van der Waals surface area contributed by atoms with E-state index < -0.39 is 0 Å². The molecule has 70 valence electrons. The summed E-state index contributed by atoms with van der Waals surface area (Å²) in [4.78, 5) is 0. The predicted molar refractivity (Wildman–Crippen MR) is 55.3 cm³/mol. The van der Waals surface area contributed by atoms with Crippen LogP contribution in [0.5, 0.6) is 0 Å². The van der Waals surface area contributed by atoms with E-state index in [1.807, 2.05) is 6.08 Å². The van der Waals surface area contributed by atoms with Crippen molar-refractivity contribution in [2.75, 3.05) is 0 Å². The first-order valence-corrected chi connectivity index (χ1v) is 5.69. The van der Waals surface area contributed by atoms with Crippen molar-refractivity contribution in [3.05, 3.63) is 24.3 Å². The van der Waals surface area contributed by atoms with Crippen molar-refractivity contribution in [2.24, 2.45) is 23.7 Å². The lowest BCUT2D eigenvalue weighted by Crippen LogP contribution is -2.40. The van der Waals surface area contributed by atoms with E-state index in [0.717, 1.165) is 23.7 Å². The van der Waals surface area contributed by atoms with Crippen molar-refractivity contribution in [2.45, 2.75) is 32.1 Å². The SMILES string of the molecule is C=CC=C1C2CC3CC(C2)CC1C3. The fraction of sp³-hybridized carbons (Fsp3) is 0.692. The second kappa shape index (κ2) is 2.73. The molecule has 4 aliphatic carbocycles. The molecule has 13 heavy (non-hydrogen) atoms. The van der Waals surface area contributed by atoms with Crippen molar-refractivity contribution in [3.63, 3.8) is 0 Å². The van der Waals surface area contributed by atoms with Crippen molar-refractivity contribution in [3.8, 4) is 0 Å². The molecule has 0 amide bonds. The van der Waals surface area contributed by atoms with E-state index in [1.54, 1.807) is 12.0 Å². The molecule has 0 heteroatoms. The zero-order chi connectivity index (χ0) is 8.84. The monoisotopic (exact) mass is 174 g/mol. The molecule has 0 unspecified atom stereocenters. The standard InChI is InChI=1S/C13H18/c1-2-3-13-11-5-9-4-10(7-11)8-12(13)6-9/h2-3,9-12H,1,4-8H2. The van der Waals surface area contributed by atoms with Crippen molar-refractivity contribution >= 4 is 0 Å². The van der Waals surface area contributed by atoms with Crippen LogP contribution in [-0.2, 0) is 0 Å². The average molecular weight is 174 g/mol. The van der Waals surface area contributed by atoms with Gasteiger partial charge in [-0.2, -0.15) is 0 Å². The van der Waals surface area contributed by atoms with E-state index in [9.17, 15) is 0 Å². The third-order valence-electron chi connectivity index (χ3n) is 4.39. The first-order chi connectivity index (χ1) is 6.36. The van der Waals surface area contributed by atoms with E-state index in [1.165, 1.54) is 25.7 Å². The fourth-order valence-electron chi connectivity index (χ4n) is 4.14. The highest BCUT2D eigenvalue weighted by atomic mass is 14.5. The minimum Gasteiger partial charge on any atom is -0.0991 e. The maximum atomic E-state index is 3.84. The second-order valence-electron chi connectivity index (χ2n) is 5.21. The van der Waals surface area contributed by atoms with Gasteiger partial charge in [-0.25, -0.2) is 0 Å². The molecule has 0 aromatic carbocycles. The average Bonchev–Trinajstić information content (AvgIpc) is 2.10. The molecule has 0 aromatic rings. The molecule has 4 rings (SSSR count). The van der Waals surface area contributed by atoms with Gasteiger partial charge in [0.25, 0.3) is 0 Å². The number of rotatable bonds is 1. The van der Waals surface area contributed by atoms with Gasteiger partial charge >= 0.3 is 0 Å². The first kappa shape index (κ1) is 7.84. The molecule has 0 atom stereocenters. The Morgan fingerprint density at radius 2 is 1.46 bits per heavy atom. The predicted octanol–water partition coefficient (Wildman–Crippen LogP) is 3.55. The zero-order valence-corrected chi connectivity index (χ0v) is 8.21. The molecule has 0 aromatic heterocycles. The highest BCUT2D eigenvalue weighted by Crippen LogP contribution is 2.56. The minimum atomic E-state index is 0.953. The van der Waals surface area contributed by atoms with Crippen LogP contribution in [0.1, 0.15) is 32.1 Å². The number of hydrogen-bond donors (Lipinski definition) is 0. The molecular formula is C13H18. The van der Waals surface area contributed by atoms with E-state index in [0.29, 0.717) is 0 Å². The van der Waals surface area contributed by atoms with Crippen LogP contribution in [0, 0.1) is 23.7 Å². The summed E-state index contributed by atoms with van der Waals surface area (Å²) in [5.41, 5.74) is 1.75. The van der Waals surface area contributed by atoms with Gasteiger partial charge in [0.2, 0.25) is 0 Å². The Morgan fingerprint density at radius 1 is 0.923 bits per heavy atom. The molecule has 0 aliphatic heterocycles. The van der Waals surface area contributed by atoms with E-state index >= 15 is 0 Å². The van der Waals surface area contributed by atoms with Gasteiger partial charge in [-0.05, 0) is 55.8 Å². The van der Waals surface area contributed by atoms with Crippen LogP contribution in [0.15, 0.2) is 24.3 Å². The molecule has 0 heterocycles. The Hall–Kier alpha value is -0.520. The quantitative estimate of drug-likeness (QED) is 0.570. The lowest BCUT2D eigenvalue weighted by atomic mass is 9.54. The number of hydrogen-bond acceptors (Lipinski definition) is 0. The van der Waals surface area contributed by atoms with Gasteiger partial charge in [-0.1, -0.05) is 24.3 Å². The fourth-order valence-corrected chi connectivity index (χ4v) is 4.14. The van der Waals surface area contributed by atoms with Gasteiger partial charge in [-0.3, -0.25) is 0 Å². The Bertz CT molecular complexity index is 229. The van der Waals surface area contributed by atoms with Crippen LogP contribution in [0.3, 0.4) is 0 Å². The molecule has 0 radical (unpaired) electrons. The first-order valence-electron chi connectivity index (χ1n) is 5.69. The van der Waals surface area contributed by atoms with E-state index in [-0.39, 0.29) is 0 Å². The van der Waals surface area contributed by atoms with Gasteiger partial charge in [0.05, 0.1) is 0 Å². The summed E-state index contributed by atoms with van der Waals surface area (Å²) in [5.74, 6) is 4.08. The zero-order valence-electron chi connectivity index (χ0n) is 8.21. The van der Waals surface area contributed by atoms with Gasteiger partial charge in [0.15, 0.2) is 0 Å². The summed E-state index contributed by atoms with van der Waals surface area (Å²) in [6, 6.07) is 0. The summed E-state index contributed by atoms with van der Waals surface area (Å²) < 4.78 is 0. The molecule has 0 N–H and O–H groups in total. The normalized spacial score (nSPS) is 46.6. The summed E-state index contributed by atoms with van der Waals surface area (Å²) in [7, 11) is 0. The van der Waals surface area contributed by atoms with Gasteiger partial charge < -0.3 is 0 Å². The van der Waals surface area contributed by atoms with Crippen LogP contribution >= 0.6 is 0 Å². The molecule has 4 bridgehead atoms. The minimum absolute atomic E-state index is 0.953. The van der Waals surface area contributed by atoms with Gasteiger partial charge in [0.1, 0.15) is 0 Å². The molecule has 4 aliphatic rings. The molecule has 4 saturated carbocycles. The molecular weight excluding hydrogens is 156 g/mol. The summed E-state index contributed by atoms with van der Waals surface area (Å²) >= 11 is 0. The summed E-state index contributed by atoms with van der Waals surface area (Å²) in [5, 5.41) is 0. The Morgan fingerprint density at radius 3 is 1.92 bits per heavy atom. The molecule has 4 fully saturated rings. The van der Waals surface area contributed by atoms with Crippen LogP contribution < -0.4 is 0 Å². The maximum absolute atomic E-state index is 3.84. The van der Waals surface area contributed by atoms with Crippen LogP contribution in [0.25, 0.3) is 0 Å². The third kappa shape index (κ3) is 1.11.